The van der Waals surface area contributed by atoms with E-state index in [-0.39, 0.29) is 11.5 Å². The Morgan fingerprint density at radius 3 is 2.46 bits per heavy atom. The molecule has 0 unspecified atom stereocenters. The number of halogens is 1. The summed E-state index contributed by atoms with van der Waals surface area (Å²) in [5.74, 6) is -0.172. The lowest BCUT2D eigenvalue weighted by atomic mass is 10.1. The second-order valence-corrected chi connectivity index (χ2v) is 7.02. The maximum Gasteiger partial charge on any atom is 0.293 e. The van der Waals surface area contributed by atoms with E-state index in [2.05, 4.69) is 15.9 Å². The largest absolute Gasteiger partial charge is 0.339 e. The standard InChI is InChI=1S/C22H17BrN2O3/c1-24(19-8-3-2-4-9-19)20-12-10-16(14-21(20)25(27)28)11-13-22(26)17-6-5-7-18(23)15-17/h2-15H,1H3. The van der Waals surface area contributed by atoms with Gasteiger partial charge in [-0.3, -0.25) is 14.9 Å². The van der Waals surface area contributed by atoms with Gasteiger partial charge in [0.2, 0.25) is 0 Å². The van der Waals surface area contributed by atoms with Gasteiger partial charge >= 0.3 is 0 Å². The van der Waals surface area contributed by atoms with Crippen LogP contribution in [0, 0.1) is 10.1 Å². The zero-order valence-electron chi connectivity index (χ0n) is 15.1. The maximum absolute atomic E-state index is 12.3. The molecule has 3 aromatic rings. The fraction of sp³-hybridized carbons (Fsp3) is 0.0455. The van der Waals surface area contributed by atoms with Gasteiger partial charge < -0.3 is 4.90 Å². The summed E-state index contributed by atoms with van der Waals surface area (Å²) in [4.78, 5) is 25.2. The fourth-order valence-corrected chi connectivity index (χ4v) is 3.17. The number of nitro groups is 1. The van der Waals surface area contributed by atoms with Crippen LogP contribution in [-0.2, 0) is 0 Å². The molecule has 3 aromatic carbocycles. The van der Waals surface area contributed by atoms with Crippen molar-refractivity contribution in [3.8, 4) is 0 Å². The van der Waals surface area contributed by atoms with Crippen LogP contribution in [0.25, 0.3) is 6.08 Å². The molecule has 0 spiro atoms. The van der Waals surface area contributed by atoms with E-state index in [4.69, 9.17) is 0 Å². The lowest BCUT2D eigenvalue weighted by Gasteiger charge is -2.19. The molecule has 28 heavy (non-hydrogen) atoms. The van der Waals surface area contributed by atoms with Crippen LogP contribution in [-0.4, -0.2) is 17.8 Å². The van der Waals surface area contributed by atoms with Gasteiger partial charge in [-0.25, -0.2) is 0 Å². The molecule has 0 fully saturated rings. The first-order valence-electron chi connectivity index (χ1n) is 8.51. The zero-order valence-corrected chi connectivity index (χ0v) is 16.7. The third-order valence-electron chi connectivity index (χ3n) is 4.24. The number of para-hydroxylation sites is 1. The predicted molar refractivity (Wildman–Crippen MR) is 115 cm³/mol. The minimum Gasteiger partial charge on any atom is -0.339 e. The van der Waals surface area contributed by atoms with E-state index in [0.717, 1.165) is 10.2 Å². The van der Waals surface area contributed by atoms with E-state index in [1.165, 1.54) is 12.1 Å². The summed E-state index contributed by atoms with van der Waals surface area (Å²) < 4.78 is 0.815. The van der Waals surface area contributed by atoms with E-state index in [9.17, 15) is 14.9 Å². The van der Waals surface area contributed by atoms with Crippen LogP contribution >= 0.6 is 15.9 Å². The minimum atomic E-state index is -0.414. The summed E-state index contributed by atoms with van der Waals surface area (Å²) in [5, 5.41) is 11.6. The van der Waals surface area contributed by atoms with Crippen molar-refractivity contribution in [2.75, 3.05) is 11.9 Å². The van der Waals surface area contributed by atoms with Gasteiger partial charge in [-0.1, -0.05) is 58.4 Å². The summed E-state index contributed by atoms with van der Waals surface area (Å²) in [6.07, 6.45) is 3.00. The molecule has 0 amide bonds. The van der Waals surface area contributed by atoms with E-state index >= 15 is 0 Å². The van der Waals surface area contributed by atoms with Crippen molar-refractivity contribution < 1.29 is 9.72 Å². The highest BCUT2D eigenvalue weighted by Gasteiger charge is 2.18. The number of carbonyl (C=O) groups is 1. The minimum absolute atomic E-state index is 0.0246. The number of nitro benzene ring substituents is 1. The van der Waals surface area contributed by atoms with Crippen LogP contribution in [0.15, 0.2) is 83.3 Å². The molecular formula is C22H17BrN2O3. The van der Waals surface area contributed by atoms with Crippen molar-refractivity contribution in [1.82, 2.24) is 0 Å². The van der Waals surface area contributed by atoms with Crippen LogP contribution in [0.2, 0.25) is 0 Å². The molecule has 0 aromatic heterocycles. The number of ketones is 1. The molecule has 3 rings (SSSR count). The molecule has 0 heterocycles. The van der Waals surface area contributed by atoms with Gasteiger partial charge in [0.25, 0.3) is 5.69 Å². The number of carbonyl (C=O) groups excluding carboxylic acids is 1. The van der Waals surface area contributed by atoms with Crippen molar-refractivity contribution in [3.05, 3.63) is 105 Å². The maximum atomic E-state index is 12.3. The van der Waals surface area contributed by atoms with Gasteiger partial charge in [-0.15, -0.1) is 0 Å². The van der Waals surface area contributed by atoms with E-state index in [1.54, 1.807) is 48.4 Å². The molecule has 0 saturated carbocycles. The summed E-state index contributed by atoms with van der Waals surface area (Å²) in [5.41, 5.74) is 2.43. The highest BCUT2D eigenvalue weighted by Crippen LogP contribution is 2.33. The molecule has 0 bridgehead atoms. The summed E-state index contributed by atoms with van der Waals surface area (Å²) in [6.45, 7) is 0. The second kappa shape index (κ2) is 8.63. The number of hydrogen-bond donors (Lipinski definition) is 0. The number of rotatable bonds is 6. The molecule has 140 valence electrons. The third-order valence-corrected chi connectivity index (χ3v) is 4.73. The molecule has 0 aliphatic heterocycles. The molecule has 0 aliphatic carbocycles. The topological polar surface area (TPSA) is 63.5 Å². The van der Waals surface area contributed by atoms with Crippen LogP contribution < -0.4 is 4.90 Å². The van der Waals surface area contributed by atoms with Crippen molar-refractivity contribution in [1.29, 1.82) is 0 Å². The first-order valence-corrected chi connectivity index (χ1v) is 9.30. The van der Waals surface area contributed by atoms with Crippen molar-refractivity contribution in [3.63, 3.8) is 0 Å². The Kier molecular flexibility index (Phi) is 6.01. The molecule has 6 heteroatoms. The van der Waals surface area contributed by atoms with Crippen molar-refractivity contribution in [2.45, 2.75) is 0 Å². The number of hydrogen-bond acceptors (Lipinski definition) is 4. The highest BCUT2D eigenvalue weighted by atomic mass is 79.9. The quantitative estimate of drug-likeness (QED) is 0.205. The van der Waals surface area contributed by atoms with Gasteiger partial charge in [-0.2, -0.15) is 0 Å². The van der Waals surface area contributed by atoms with Crippen molar-refractivity contribution in [2.24, 2.45) is 0 Å². The normalized spacial score (nSPS) is 10.8. The number of nitrogens with zero attached hydrogens (tertiary/aromatic N) is 2. The molecule has 0 atom stereocenters. The Labute approximate surface area is 171 Å². The monoisotopic (exact) mass is 436 g/mol. The summed E-state index contributed by atoms with van der Waals surface area (Å²) >= 11 is 3.34. The van der Waals surface area contributed by atoms with Gasteiger partial charge in [0, 0.05) is 28.8 Å². The van der Waals surface area contributed by atoms with E-state index in [0.29, 0.717) is 16.8 Å². The van der Waals surface area contributed by atoms with Crippen LogP contribution in [0.3, 0.4) is 0 Å². The first-order chi connectivity index (χ1) is 13.5. The predicted octanol–water partition coefficient (Wildman–Crippen LogP) is 6.02. The van der Waals surface area contributed by atoms with Crippen LogP contribution in [0.4, 0.5) is 17.1 Å². The molecule has 0 N–H and O–H groups in total. The molecule has 0 radical (unpaired) electrons. The zero-order chi connectivity index (χ0) is 20.1. The van der Waals surface area contributed by atoms with E-state index in [1.807, 2.05) is 36.4 Å². The third kappa shape index (κ3) is 4.53. The number of allylic oxidation sites excluding steroid dienone is 1. The Hall–Kier alpha value is -3.25. The Bertz CT molecular complexity index is 1050. The average molecular weight is 437 g/mol. The fourth-order valence-electron chi connectivity index (χ4n) is 2.77. The van der Waals surface area contributed by atoms with E-state index < -0.39 is 4.92 Å². The Morgan fingerprint density at radius 1 is 1.04 bits per heavy atom. The van der Waals surface area contributed by atoms with Crippen LogP contribution in [0.1, 0.15) is 15.9 Å². The smallest absolute Gasteiger partial charge is 0.293 e. The highest BCUT2D eigenvalue weighted by molar-refractivity contribution is 9.10. The Balaban J connectivity index is 1.88. The number of benzene rings is 3. The average Bonchev–Trinajstić information content (AvgIpc) is 2.72. The molecule has 0 aliphatic rings. The number of anilines is 2. The van der Waals surface area contributed by atoms with Gasteiger partial charge in [0.15, 0.2) is 5.78 Å². The summed E-state index contributed by atoms with van der Waals surface area (Å²) in [6, 6.07) is 21.4. The Morgan fingerprint density at radius 2 is 1.79 bits per heavy atom. The second-order valence-electron chi connectivity index (χ2n) is 6.11. The first kappa shape index (κ1) is 19.5. The molecular weight excluding hydrogens is 420 g/mol. The lowest BCUT2D eigenvalue weighted by molar-refractivity contribution is -0.384. The molecule has 0 saturated heterocycles. The summed E-state index contributed by atoms with van der Waals surface area (Å²) in [7, 11) is 1.78. The van der Waals surface area contributed by atoms with Crippen molar-refractivity contribution >= 4 is 44.9 Å². The van der Waals surface area contributed by atoms with Gasteiger partial charge in [-0.05, 0) is 42.0 Å². The lowest BCUT2D eigenvalue weighted by Crippen LogP contribution is -2.11. The van der Waals surface area contributed by atoms with Crippen LogP contribution in [0.5, 0.6) is 0 Å². The molecule has 5 nitrogen and oxygen atoms in total. The SMILES string of the molecule is CN(c1ccccc1)c1ccc(C=CC(=O)c2cccc(Br)c2)cc1[N+](=O)[O-]. The van der Waals surface area contributed by atoms with Gasteiger partial charge in [0.1, 0.15) is 5.69 Å². The van der Waals surface area contributed by atoms with Gasteiger partial charge in [0.05, 0.1) is 4.92 Å².